The molecule has 2 aliphatic rings. The number of rotatable bonds is 2. The van der Waals surface area contributed by atoms with Crippen molar-refractivity contribution in [1.82, 2.24) is 9.88 Å². The van der Waals surface area contributed by atoms with Crippen LogP contribution in [0.4, 0.5) is 5.82 Å². The van der Waals surface area contributed by atoms with E-state index in [0.29, 0.717) is 5.56 Å². The van der Waals surface area contributed by atoms with Crippen LogP contribution in [0.15, 0.2) is 30.3 Å². The molecule has 106 valence electrons. The summed E-state index contributed by atoms with van der Waals surface area (Å²) in [7, 11) is 0. The Hall–Kier alpha value is -2.12. The zero-order valence-electron chi connectivity index (χ0n) is 12.0. The average molecular weight is 278 g/mol. The summed E-state index contributed by atoms with van der Waals surface area (Å²) in [4.78, 5) is 9.58. The minimum absolute atomic E-state index is 0.688. The van der Waals surface area contributed by atoms with E-state index in [1.165, 1.54) is 12.8 Å². The summed E-state index contributed by atoms with van der Waals surface area (Å²) >= 11 is 0. The number of fused-ring (bicyclic) bond motifs is 1. The number of nitriles is 1. The Morgan fingerprint density at radius 3 is 2.57 bits per heavy atom. The van der Waals surface area contributed by atoms with Crippen molar-refractivity contribution < 1.29 is 0 Å². The van der Waals surface area contributed by atoms with E-state index in [4.69, 9.17) is 4.98 Å². The highest BCUT2D eigenvalue weighted by Gasteiger charge is 2.31. The molecule has 0 radical (unpaired) electrons. The van der Waals surface area contributed by atoms with Crippen molar-refractivity contribution in [2.24, 2.45) is 0 Å². The molecular formula is C17H18N4. The first kappa shape index (κ1) is 12.6. The van der Waals surface area contributed by atoms with Gasteiger partial charge in [0.15, 0.2) is 0 Å². The topological polar surface area (TPSA) is 43.2 Å². The van der Waals surface area contributed by atoms with Gasteiger partial charge < -0.3 is 4.90 Å². The molecule has 0 spiro atoms. The summed E-state index contributed by atoms with van der Waals surface area (Å²) in [6, 6.07) is 13.1. The summed E-state index contributed by atoms with van der Waals surface area (Å²) in [6.07, 6.45) is 2.72. The molecule has 0 amide bonds. The number of hydrogen-bond donors (Lipinski definition) is 0. The van der Waals surface area contributed by atoms with Gasteiger partial charge in [0.05, 0.1) is 11.1 Å². The smallest absolute Gasteiger partial charge is 0.147 e. The molecule has 0 unspecified atom stereocenters. The molecule has 1 saturated carbocycles. The monoisotopic (exact) mass is 278 g/mol. The largest absolute Gasteiger partial charge is 0.353 e. The molecule has 1 aliphatic heterocycles. The minimum atomic E-state index is 0.688. The zero-order chi connectivity index (χ0) is 14.2. The van der Waals surface area contributed by atoms with Gasteiger partial charge in [-0.1, -0.05) is 18.2 Å². The number of anilines is 1. The molecule has 0 N–H and O–H groups in total. The Bertz CT molecular complexity index is 706. The number of pyridine rings is 1. The van der Waals surface area contributed by atoms with Crippen molar-refractivity contribution in [3.63, 3.8) is 0 Å². The number of piperazine rings is 1. The molecule has 2 aromatic rings. The van der Waals surface area contributed by atoms with Crippen molar-refractivity contribution in [2.45, 2.75) is 18.9 Å². The number of aromatic nitrogens is 1. The molecule has 0 bridgehead atoms. The highest BCUT2D eigenvalue weighted by Crippen LogP contribution is 2.29. The van der Waals surface area contributed by atoms with E-state index in [0.717, 1.165) is 48.9 Å². The first-order valence-corrected chi connectivity index (χ1v) is 7.64. The first-order chi connectivity index (χ1) is 10.3. The van der Waals surface area contributed by atoms with E-state index in [-0.39, 0.29) is 0 Å². The molecule has 21 heavy (non-hydrogen) atoms. The Kier molecular flexibility index (Phi) is 3.01. The van der Waals surface area contributed by atoms with Crippen LogP contribution in [-0.2, 0) is 0 Å². The predicted molar refractivity (Wildman–Crippen MR) is 83.3 cm³/mol. The van der Waals surface area contributed by atoms with Crippen molar-refractivity contribution in [1.29, 1.82) is 5.26 Å². The van der Waals surface area contributed by atoms with Crippen molar-refractivity contribution >= 4 is 16.7 Å². The fourth-order valence-corrected chi connectivity index (χ4v) is 3.17. The van der Waals surface area contributed by atoms with Crippen LogP contribution in [0.2, 0.25) is 0 Å². The lowest BCUT2D eigenvalue weighted by Crippen LogP contribution is -2.47. The van der Waals surface area contributed by atoms with Gasteiger partial charge in [-0.15, -0.1) is 0 Å². The summed E-state index contributed by atoms with van der Waals surface area (Å²) in [6.45, 7) is 4.11. The third kappa shape index (κ3) is 2.34. The molecule has 1 aromatic carbocycles. The van der Waals surface area contributed by atoms with E-state index in [2.05, 4.69) is 15.9 Å². The third-order valence-electron chi connectivity index (χ3n) is 4.50. The molecule has 4 nitrogen and oxygen atoms in total. The standard InChI is InChI=1S/C17H18N4/c18-12-14-11-13-3-1-2-4-16(13)19-17(14)21-9-7-20(8-10-21)15-5-6-15/h1-4,11,15H,5-10H2. The summed E-state index contributed by atoms with van der Waals surface area (Å²) in [5.41, 5.74) is 1.66. The zero-order valence-corrected chi connectivity index (χ0v) is 12.0. The highest BCUT2D eigenvalue weighted by molar-refractivity contribution is 5.83. The Labute approximate surface area is 124 Å². The van der Waals surface area contributed by atoms with Gasteiger partial charge in [0.2, 0.25) is 0 Å². The first-order valence-electron chi connectivity index (χ1n) is 7.64. The Balaban J connectivity index is 1.64. The lowest BCUT2D eigenvalue weighted by molar-refractivity contribution is 0.247. The molecule has 4 heteroatoms. The van der Waals surface area contributed by atoms with Crippen LogP contribution in [0.25, 0.3) is 10.9 Å². The van der Waals surface area contributed by atoms with Gasteiger partial charge in [-0.05, 0) is 25.0 Å². The van der Waals surface area contributed by atoms with Crippen LogP contribution in [0.3, 0.4) is 0 Å². The van der Waals surface area contributed by atoms with Crippen LogP contribution < -0.4 is 4.90 Å². The molecule has 1 aromatic heterocycles. The second-order valence-corrected chi connectivity index (χ2v) is 5.92. The average Bonchev–Trinajstić information content (AvgIpc) is 3.39. The SMILES string of the molecule is N#Cc1cc2ccccc2nc1N1CCN(C2CC2)CC1. The van der Waals surface area contributed by atoms with Gasteiger partial charge in [0.25, 0.3) is 0 Å². The van der Waals surface area contributed by atoms with Crippen molar-refractivity contribution in [3.05, 3.63) is 35.9 Å². The number of hydrogen-bond acceptors (Lipinski definition) is 4. The number of nitrogens with zero attached hydrogens (tertiary/aromatic N) is 4. The number of para-hydroxylation sites is 1. The van der Waals surface area contributed by atoms with Gasteiger partial charge in [0, 0.05) is 37.6 Å². The van der Waals surface area contributed by atoms with E-state index in [1.807, 2.05) is 30.3 Å². The molecule has 1 aliphatic carbocycles. The van der Waals surface area contributed by atoms with Crippen molar-refractivity contribution in [2.75, 3.05) is 31.1 Å². The van der Waals surface area contributed by atoms with Gasteiger partial charge in [-0.2, -0.15) is 5.26 Å². The van der Waals surface area contributed by atoms with E-state index in [9.17, 15) is 5.26 Å². The van der Waals surface area contributed by atoms with Crippen LogP contribution >= 0.6 is 0 Å². The summed E-state index contributed by atoms with van der Waals surface area (Å²) in [5, 5.41) is 10.5. The van der Waals surface area contributed by atoms with E-state index < -0.39 is 0 Å². The number of benzene rings is 1. The second-order valence-electron chi connectivity index (χ2n) is 5.92. The van der Waals surface area contributed by atoms with E-state index in [1.54, 1.807) is 0 Å². The van der Waals surface area contributed by atoms with Gasteiger partial charge >= 0.3 is 0 Å². The van der Waals surface area contributed by atoms with Crippen LogP contribution in [0.1, 0.15) is 18.4 Å². The lowest BCUT2D eigenvalue weighted by Gasteiger charge is -2.35. The predicted octanol–water partition coefficient (Wildman–Crippen LogP) is 2.39. The quantitative estimate of drug-likeness (QED) is 0.846. The molecule has 4 rings (SSSR count). The normalized spacial score (nSPS) is 19.7. The molecule has 1 saturated heterocycles. The maximum absolute atomic E-state index is 9.43. The fraction of sp³-hybridized carbons (Fsp3) is 0.412. The third-order valence-corrected chi connectivity index (χ3v) is 4.50. The lowest BCUT2D eigenvalue weighted by atomic mass is 10.1. The maximum atomic E-state index is 9.43. The van der Waals surface area contributed by atoms with Gasteiger partial charge in [-0.3, -0.25) is 4.90 Å². The molecule has 2 heterocycles. The Morgan fingerprint density at radius 1 is 1.10 bits per heavy atom. The molecule has 0 atom stereocenters. The minimum Gasteiger partial charge on any atom is -0.353 e. The van der Waals surface area contributed by atoms with Gasteiger partial charge in [-0.25, -0.2) is 4.98 Å². The van der Waals surface area contributed by atoms with Crippen LogP contribution in [-0.4, -0.2) is 42.1 Å². The fourth-order valence-electron chi connectivity index (χ4n) is 3.17. The highest BCUT2D eigenvalue weighted by atomic mass is 15.3. The van der Waals surface area contributed by atoms with Crippen LogP contribution in [0.5, 0.6) is 0 Å². The second kappa shape index (κ2) is 5.01. The van der Waals surface area contributed by atoms with Crippen LogP contribution in [0, 0.1) is 11.3 Å². The van der Waals surface area contributed by atoms with E-state index >= 15 is 0 Å². The molecule has 2 fully saturated rings. The van der Waals surface area contributed by atoms with Gasteiger partial charge in [0.1, 0.15) is 11.9 Å². The summed E-state index contributed by atoms with van der Waals surface area (Å²) < 4.78 is 0. The van der Waals surface area contributed by atoms with Crippen molar-refractivity contribution in [3.8, 4) is 6.07 Å². The summed E-state index contributed by atoms with van der Waals surface area (Å²) in [5.74, 6) is 0.853. The Morgan fingerprint density at radius 2 is 1.86 bits per heavy atom. The molecular weight excluding hydrogens is 260 g/mol. The maximum Gasteiger partial charge on any atom is 0.147 e.